The number of hydrogen-bond acceptors (Lipinski definition) is 2. The van der Waals surface area contributed by atoms with Crippen LogP contribution in [0.4, 0.5) is 0 Å². The number of fused-ring (bicyclic) bond motifs is 1. The fourth-order valence-electron chi connectivity index (χ4n) is 2.25. The fourth-order valence-corrected chi connectivity index (χ4v) is 2.25. The van der Waals surface area contributed by atoms with Gasteiger partial charge in [-0.1, -0.05) is 19.1 Å². The number of ether oxygens (including phenoxy) is 1. The summed E-state index contributed by atoms with van der Waals surface area (Å²) in [5, 5.41) is 0. The number of primary amides is 1. The van der Waals surface area contributed by atoms with Crippen LogP contribution in [0, 0.1) is 5.92 Å². The molecule has 18 heavy (non-hydrogen) atoms. The van der Waals surface area contributed by atoms with E-state index in [1.54, 1.807) is 7.11 Å². The first-order valence-corrected chi connectivity index (χ1v) is 6.27. The molecule has 1 aromatic rings. The van der Waals surface area contributed by atoms with E-state index in [-0.39, 0.29) is 11.8 Å². The molecule has 96 valence electrons. The Morgan fingerprint density at radius 3 is 2.94 bits per heavy atom. The van der Waals surface area contributed by atoms with E-state index in [4.69, 9.17) is 10.5 Å². The summed E-state index contributed by atoms with van der Waals surface area (Å²) in [6.07, 6.45) is 4.90. The molecule has 1 aliphatic carbocycles. The Balaban J connectivity index is 2.08. The summed E-state index contributed by atoms with van der Waals surface area (Å²) in [5.74, 6) is 0.588. The molecule has 0 saturated heterocycles. The van der Waals surface area contributed by atoms with Crippen LogP contribution in [0.3, 0.4) is 0 Å². The number of hydrogen-bond donors (Lipinski definition) is 1. The molecule has 1 unspecified atom stereocenters. The number of benzene rings is 1. The highest BCUT2D eigenvalue weighted by Gasteiger charge is 2.17. The van der Waals surface area contributed by atoms with Gasteiger partial charge in [-0.2, -0.15) is 0 Å². The zero-order valence-electron chi connectivity index (χ0n) is 10.9. The van der Waals surface area contributed by atoms with E-state index < -0.39 is 0 Å². The summed E-state index contributed by atoms with van der Waals surface area (Å²) < 4.78 is 5.25. The van der Waals surface area contributed by atoms with Gasteiger partial charge in [-0.15, -0.1) is 0 Å². The fraction of sp³-hybridized carbons (Fsp3) is 0.400. The molecule has 1 amide bonds. The van der Waals surface area contributed by atoms with Crippen molar-refractivity contribution in [2.45, 2.75) is 26.2 Å². The van der Waals surface area contributed by atoms with Gasteiger partial charge in [-0.05, 0) is 48.1 Å². The SMILES string of the molecule is COc1ccc2c(c1)C(CCC(C)C(N)=O)=CC2. The number of allylic oxidation sites excluding steroid dienone is 2. The second-order valence-corrected chi connectivity index (χ2v) is 4.80. The van der Waals surface area contributed by atoms with Gasteiger partial charge in [-0.3, -0.25) is 4.79 Å². The number of nitrogens with two attached hydrogens (primary N) is 1. The van der Waals surface area contributed by atoms with E-state index in [1.165, 1.54) is 16.7 Å². The van der Waals surface area contributed by atoms with Crippen LogP contribution in [0.15, 0.2) is 24.3 Å². The summed E-state index contributed by atoms with van der Waals surface area (Å²) in [6, 6.07) is 6.17. The highest BCUT2D eigenvalue weighted by Crippen LogP contribution is 2.34. The summed E-state index contributed by atoms with van der Waals surface area (Å²) >= 11 is 0. The third-order valence-corrected chi connectivity index (χ3v) is 3.56. The first-order valence-electron chi connectivity index (χ1n) is 6.27. The zero-order chi connectivity index (χ0) is 13.1. The molecule has 1 atom stereocenters. The number of carbonyl (C=O) groups is 1. The van der Waals surface area contributed by atoms with Gasteiger partial charge in [0.2, 0.25) is 5.91 Å². The van der Waals surface area contributed by atoms with Gasteiger partial charge in [0.1, 0.15) is 5.75 Å². The predicted octanol–water partition coefficient (Wildman–Crippen LogP) is 2.54. The van der Waals surface area contributed by atoms with Gasteiger partial charge in [0.25, 0.3) is 0 Å². The summed E-state index contributed by atoms with van der Waals surface area (Å²) in [7, 11) is 1.68. The molecule has 0 aromatic heterocycles. The van der Waals surface area contributed by atoms with Crippen LogP contribution in [0.25, 0.3) is 5.57 Å². The quantitative estimate of drug-likeness (QED) is 0.866. The molecular weight excluding hydrogens is 226 g/mol. The van der Waals surface area contributed by atoms with Crippen molar-refractivity contribution in [1.29, 1.82) is 0 Å². The molecule has 0 spiro atoms. The van der Waals surface area contributed by atoms with Gasteiger partial charge in [0.05, 0.1) is 7.11 Å². The Kier molecular flexibility index (Phi) is 3.70. The first kappa shape index (κ1) is 12.7. The molecule has 0 aliphatic heterocycles. The molecular formula is C15H19NO2. The van der Waals surface area contributed by atoms with Crippen LogP contribution in [-0.4, -0.2) is 13.0 Å². The van der Waals surface area contributed by atoms with E-state index in [0.717, 1.165) is 25.0 Å². The van der Waals surface area contributed by atoms with E-state index in [2.05, 4.69) is 18.2 Å². The van der Waals surface area contributed by atoms with Crippen LogP contribution in [-0.2, 0) is 11.2 Å². The van der Waals surface area contributed by atoms with Crippen LogP contribution >= 0.6 is 0 Å². The molecule has 0 bridgehead atoms. The van der Waals surface area contributed by atoms with Gasteiger partial charge >= 0.3 is 0 Å². The summed E-state index contributed by atoms with van der Waals surface area (Å²) in [4.78, 5) is 11.0. The maximum atomic E-state index is 11.0. The second-order valence-electron chi connectivity index (χ2n) is 4.80. The van der Waals surface area contributed by atoms with Gasteiger partial charge in [-0.25, -0.2) is 0 Å². The minimum atomic E-state index is -0.223. The number of methoxy groups -OCH3 is 1. The van der Waals surface area contributed by atoms with Crippen molar-refractivity contribution in [3.05, 3.63) is 35.4 Å². The maximum Gasteiger partial charge on any atom is 0.220 e. The Labute approximate surface area is 108 Å². The minimum absolute atomic E-state index is 0.0689. The van der Waals surface area contributed by atoms with Crippen molar-refractivity contribution in [2.75, 3.05) is 7.11 Å². The topological polar surface area (TPSA) is 52.3 Å². The normalized spacial score (nSPS) is 14.9. The molecule has 1 aromatic carbocycles. The summed E-state index contributed by atoms with van der Waals surface area (Å²) in [5.41, 5.74) is 9.17. The lowest BCUT2D eigenvalue weighted by atomic mass is 9.97. The Hall–Kier alpha value is -1.77. The molecule has 0 saturated carbocycles. The van der Waals surface area contributed by atoms with Gasteiger partial charge < -0.3 is 10.5 Å². The van der Waals surface area contributed by atoms with E-state index >= 15 is 0 Å². The van der Waals surface area contributed by atoms with Crippen LogP contribution in [0.5, 0.6) is 5.75 Å². The molecule has 0 heterocycles. The average molecular weight is 245 g/mol. The molecule has 2 rings (SSSR count). The minimum Gasteiger partial charge on any atom is -0.497 e. The number of rotatable bonds is 5. The van der Waals surface area contributed by atoms with Gasteiger partial charge in [0, 0.05) is 5.92 Å². The molecule has 2 N–H and O–H groups in total. The van der Waals surface area contributed by atoms with Crippen LogP contribution < -0.4 is 10.5 Å². The summed E-state index contributed by atoms with van der Waals surface area (Å²) in [6.45, 7) is 1.88. The molecule has 3 heteroatoms. The maximum absolute atomic E-state index is 11.0. The molecule has 1 aliphatic rings. The number of amides is 1. The lowest BCUT2D eigenvalue weighted by molar-refractivity contribution is -0.121. The van der Waals surface area contributed by atoms with Crippen molar-refractivity contribution >= 4 is 11.5 Å². The third-order valence-electron chi connectivity index (χ3n) is 3.56. The van der Waals surface area contributed by atoms with Crippen molar-refractivity contribution in [3.63, 3.8) is 0 Å². The Morgan fingerprint density at radius 2 is 2.28 bits per heavy atom. The van der Waals surface area contributed by atoms with E-state index in [0.29, 0.717) is 0 Å². The highest BCUT2D eigenvalue weighted by atomic mass is 16.5. The Morgan fingerprint density at radius 1 is 1.50 bits per heavy atom. The smallest absolute Gasteiger partial charge is 0.220 e. The lowest BCUT2D eigenvalue weighted by Crippen LogP contribution is -2.20. The van der Waals surface area contributed by atoms with E-state index in [1.807, 2.05) is 13.0 Å². The monoisotopic (exact) mass is 245 g/mol. The Bertz CT molecular complexity index is 491. The van der Waals surface area contributed by atoms with Gasteiger partial charge in [0.15, 0.2) is 0 Å². The first-order chi connectivity index (χ1) is 8.61. The largest absolute Gasteiger partial charge is 0.497 e. The highest BCUT2D eigenvalue weighted by molar-refractivity contribution is 5.77. The predicted molar refractivity (Wildman–Crippen MR) is 72.3 cm³/mol. The van der Waals surface area contributed by atoms with Crippen molar-refractivity contribution in [3.8, 4) is 5.75 Å². The second kappa shape index (κ2) is 5.25. The number of carbonyl (C=O) groups excluding carboxylic acids is 1. The van der Waals surface area contributed by atoms with Crippen LogP contribution in [0.1, 0.15) is 30.9 Å². The zero-order valence-corrected chi connectivity index (χ0v) is 10.9. The standard InChI is InChI=1S/C15H19NO2/c1-10(15(16)17)3-4-11-5-6-12-7-8-13(18-2)9-14(11)12/h5,7-10H,3-4,6H2,1-2H3,(H2,16,17). The van der Waals surface area contributed by atoms with Crippen molar-refractivity contribution < 1.29 is 9.53 Å². The van der Waals surface area contributed by atoms with Crippen molar-refractivity contribution in [1.82, 2.24) is 0 Å². The van der Waals surface area contributed by atoms with E-state index in [9.17, 15) is 4.79 Å². The molecule has 0 fully saturated rings. The van der Waals surface area contributed by atoms with Crippen molar-refractivity contribution in [2.24, 2.45) is 11.7 Å². The molecule has 0 radical (unpaired) electrons. The lowest BCUT2D eigenvalue weighted by Gasteiger charge is -2.10. The molecule has 3 nitrogen and oxygen atoms in total. The third kappa shape index (κ3) is 2.55. The average Bonchev–Trinajstić information content (AvgIpc) is 2.77. The van der Waals surface area contributed by atoms with Crippen LogP contribution in [0.2, 0.25) is 0 Å².